The molecule has 0 bridgehead atoms. The van der Waals surface area contributed by atoms with Crippen molar-refractivity contribution in [1.82, 2.24) is 19.6 Å². The van der Waals surface area contributed by atoms with E-state index >= 15 is 0 Å². The lowest BCUT2D eigenvalue weighted by molar-refractivity contribution is 0.638. The van der Waals surface area contributed by atoms with Crippen LogP contribution >= 0.6 is 11.3 Å². The van der Waals surface area contributed by atoms with Gasteiger partial charge in [0, 0.05) is 5.56 Å². The van der Waals surface area contributed by atoms with Gasteiger partial charge in [-0.3, -0.25) is 0 Å². The van der Waals surface area contributed by atoms with Crippen LogP contribution < -0.4 is 0 Å². The normalized spacial score (nSPS) is 11.7. The molecule has 4 nitrogen and oxygen atoms in total. The van der Waals surface area contributed by atoms with E-state index in [9.17, 15) is 0 Å². The SMILES string of the molecule is CCC(CC)c1cc(C)nn2c(-c3scnc3C)c(C)nc12. The van der Waals surface area contributed by atoms with E-state index in [1.807, 2.05) is 16.9 Å². The highest BCUT2D eigenvalue weighted by molar-refractivity contribution is 7.13. The van der Waals surface area contributed by atoms with Crippen molar-refractivity contribution >= 4 is 17.0 Å². The molecule has 3 heterocycles. The summed E-state index contributed by atoms with van der Waals surface area (Å²) in [5, 5.41) is 4.74. The van der Waals surface area contributed by atoms with Crippen LogP contribution in [0.2, 0.25) is 0 Å². The fourth-order valence-corrected chi connectivity index (χ4v) is 3.98. The van der Waals surface area contributed by atoms with E-state index < -0.39 is 0 Å². The molecule has 0 saturated heterocycles. The molecule has 0 N–H and O–H groups in total. The maximum Gasteiger partial charge on any atom is 0.158 e. The first-order chi connectivity index (χ1) is 10.6. The van der Waals surface area contributed by atoms with Crippen molar-refractivity contribution in [3.05, 3.63) is 34.2 Å². The Labute approximate surface area is 135 Å². The molecule has 0 aromatic carbocycles. The largest absolute Gasteiger partial charge is 0.249 e. The first kappa shape index (κ1) is 15.2. The molecule has 0 saturated carbocycles. The second-order valence-electron chi connectivity index (χ2n) is 5.80. The summed E-state index contributed by atoms with van der Waals surface area (Å²) in [5.41, 5.74) is 8.40. The van der Waals surface area contributed by atoms with Gasteiger partial charge in [0.25, 0.3) is 0 Å². The van der Waals surface area contributed by atoms with Gasteiger partial charge in [0.05, 0.1) is 27.5 Å². The molecule has 0 atom stereocenters. The van der Waals surface area contributed by atoms with Crippen LogP contribution in [0.5, 0.6) is 0 Å². The van der Waals surface area contributed by atoms with Gasteiger partial charge in [-0.05, 0) is 45.6 Å². The Morgan fingerprint density at radius 2 is 1.86 bits per heavy atom. The number of hydrogen-bond donors (Lipinski definition) is 0. The summed E-state index contributed by atoms with van der Waals surface area (Å²) in [6.07, 6.45) is 2.24. The minimum atomic E-state index is 0.529. The summed E-state index contributed by atoms with van der Waals surface area (Å²) in [7, 11) is 0. The van der Waals surface area contributed by atoms with Gasteiger partial charge in [-0.25, -0.2) is 14.5 Å². The molecule has 0 aliphatic rings. The third-order valence-electron chi connectivity index (χ3n) is 4.30. The first-order valence-electron chi connectivity index (χ1n) is 7.84. The molecule has 5 heteroatoms. The molecule has 3 aromatic rings. The minimum Gasteiger partial charge on any atom is -0.249 e. The van der Waals surface area contributed by atoms with E-state index in [0.29, 0.717) is 5.92 Å². The van der Waals surface area contributed by atoms with E-state index in [1.54, 1.807) is 11.3 Å². The average molecular weight is 314 g/mol. The number of fused-ring (bicyclic) bond motifs is 1. The quantitative estimate of drug-likeness (QED) is 0.702. The molecule has 0 aliphatic heterocycles. The Morgan fingerprint density at radius 1 is 1.14 bits per heavy atom. The molecule has 0 radical (unpaired) electrons. The Kier molecular flexibility index (Phi) is 4.00. The van der Waals surface area contributed by atoms with Gasteiger partial charge in [-0.1, -0.05) is 13.8 Å². The molecule has 3 rings (SSSR count). The van der Waals surface area contributed by atoms with Crippen LogP contribution in [0.3, 0.4) is 0 Å². The third-order valence-corrected chi connectivity index (χ3v) is 5.23. The molecular weight excluding hydrogens is 292 g/mol. The summed E-state index contributed by atoms with van der Waals surface area (Å²) in [6, 6.07) is 2.20. The van der Waals surface area contributed by atoms with Crippen LogP contribution in [0.25, 0.3) is 16.2 Å². The predicted octanol–water partition coefficient (Wildman–Crippen LogP) is 4.68. The van der Waals surface area contributed by atoms with E-state index in [4.69, 9.17) is 10.1 Å². The van der Waals surface area contributed by atoms with Gasteiger partial charge < -0.3 is 0 Å². The second-order valence-corrected chi connectivity index (χ2v) is 6.66. The Morgan fingerprint density at radius 3 is 2.45 bits per heavy atom. The second kappa shape index (κ2) is 5.80. The molecule has 22 heavy (non-hydrogen) atoms. The zero-order valence-electron chi connectivity index (χ0n) is 13.8. The van der Waals surface area contributed by atoms with Crippen LogP contribution in [0.4, 0.5) is 0 Å². The molecule has 0 aliphatic carbocycles. The summed E-state index contributed by atoms with van der Waals surface area (Å²) in [6.45, 7) is 10.6. The summed E-state index contributed by atoms with van der Waals surface area (Å²) >= 11 is 1.66. The van der Waals surface area contributed by atoms with Crippen molar-refractivity contribution in [1.29, 1.82) is 0 Å². The van der Waals surface area contributed by atoms with Gasteiger partial charge in [0.15, 0.2) is 5.65 Å². The minimum absolute atomic E-state index is 0.529. The summed E-state index contributed by atoms with van der Waals surface area (Å²) in [5.74, 6) is 0.529. The number of nitrogens with zero attached hydrogens (tertiary/aromatic N) is 4. The van der Waals surface area contributed by atoms with Crippen molar-refractivity contribution < 1.29 is 0 Å². The van der Waals surface area contributed by atoms with Crippen molar-refractivity contribution in [2.45, 2.75) is 53.4 Å². The lowest BCUT2D eigenvalue weighted by Crippen LogP contribution is -2.05. The lowest BCUT2D eigenvalue weighted by atomic mass is 9.95. The van der Waals surface area contributed by atoms with Crippen LogP contribution in [-0.4, -0.2) is 19.6 Å². The molecule has 3 aromatic heterocycles. The van der Waals surface area contributed by atoms with E-state index in [-0.39, 0.29) is 0 Å². The fourth-order valence-electron chi connectivity index (χ4n) is 3.10. The summed E-state index contributed by atoms with van der Waals surface area (Å²) in [4.78, 5) is 10.4. The van der Waals surface area contributed by atoms with E-state index in [1.165, 1.54) is 10.4 Å². The van der Waals surface area contributed by atoms with Crippen LogP contribution in [-0.2, 0) is 0 Å². The number of aromatic nitrogens is 4. The molecular formula is C17H22N4S. The number of thiazole rings is 1. The topological polar surface area (TPSA) is 43.1 Å². The van der Waals surface area contributed by atoms with Crippen LogP contribution in [0.15, 0.2) is 11.6 Å². The monoisotopic (exact) mass is 314 g/mol. The molecule has 116 valence electrons. The Bertz CT molecular complexity index is 812. The Hall–Kier alpha value is -1.75. The first-order valence-corrected chi connectivity index (χ1v) is 8.72. The molecule has 0 fully saturated rings. The number of rotatable bonds is 4. The van der Waals surface area contributed by atoms with Gasteiger partial charge in [0.2, 0.25) is 0 Å². The maximum absolute atomic E-state index is 4.85. The lowest BCUT2D eigenvalue weighted by Gasteiger charge is -2.14. The highest BCUT2D eigenvalue weighted by Gasteiger charge is 2.21. The number of imidazole rings is 1. The third kappa shape index (κ3) is 2.33. The van der Waals surface area contributed by atoms with Gasteiger partial charge in [-0.2, -0.15) is 5.10 Å². The highest BCUT2D eigenvalue weighted by Crippen LogP contribution is 2.34. The van der Waals surface area contributed by atoms with Crippen molar-refractivity contribution in [2.24, 2.45) is 0 Å². The standard InChI is InChI=1S/C17H22N4S/c1-6-13(7-2)14-8-10(3)20-21-15(11(4)19-17(14)21)16-12(5)18-9-22-16/h8-9,13H,6-7H2,1-5H3. The Balaban J connectivity index is 2.33. The fraction of sp³-hybridized carbons (Fsp3) is 0.471. The average Bonchev–Trinajstić information content (AvgIpc) is 3.03. The van der Waals surface area contributed by atoms with Crippen molar-refractivity contribution in [2.75, 3.05) is 0 Å². The van der Waals surface area contributed by atoms with Gasteiger partial charge in [-0.15, -0.1) is 11.3 Å². The zero-order valence-corrected chi connectivity index (χ0v) is 14.7. The highest BCUT2D eigenvalue weighted by atomic mass is 32.1. The molecule has 0 spiro atoms. The van der Waals surface area contributed by atoms with Gasteiger partial charge >= 0.3 is 0 Å². The maximum atomic E-state index is 4.85. The molecule has 0 amide bonds. The summed E-state index contributed by atoms with van der Waals surface area (Å²) < 4.78 is 2.03. The molecule has 0 unspecified atom stereocenters. The van der Waals surface area contributed by atoms with Crippen LogP contribution in [0.1, 0.15) is 55.3 Å². The zero-order chi connectivity index (χ0) is 15.9. The smallest absolute Gasteiger partial charge is 0.158 e. The van der Waals surface area contributed by atoms with Crippen molar-refractivity contribution in [3.63, 3.8) is 0 Å². The van der Waals surface area contributed by atoms with E-state index in [0.717, 1.165) is 41.3 Å². The number of aryl methyl sites for hydroxylation is 3. The number of hydrogen-bond acceptors (Lipinski definition) is 4. The van der Waals surface area contributed by atoms with Crippen LogP contribution in [0, 0.1) is 20.8 Å². The van der Waals surface area contributed by atoms with E-state index in [2.05, 4.69) is 38.7 Å². The van der Waals surface area contributed by atoms with Gasteiger partial charge in [0.1, 0.15) is 5.69 Å². The predicted molar refractivity (Wildman–Crippen MR) is 91.6 cm³/mol. The van der Waals surface area contributed by atoms with Crippen molar-refractivity contribution in [3.8, 4) is 10.6 Å².